The van der Waals surface area contributed by atoms with Gasteiger partial charge in [-0.1, -0.05) is 0 Å². The van der Waals surface area contributed by atoms with E-state index in [-0.39, 0.29) is 0 Å². The van der Waals surface area contributed by atoms with Gasteiger partial charge in [0.15, 0.2) is 0 Å². The number of rotatable bonds is 4. The molecule has 2 saturated carbocycles. The molecule has 2 aliphatic carbocycles. The molecule has 264 valence electrons. The Morgan fingerprint density at radius 3 is 0.600 bits per heavy atom. The van der Waals surface area contributed by atoms with Gasteiger partial charge in [0.2, 0.25) is 0 Å². The molecular weight excluding hydrogens is 734 g/mol. The zero-order valence-corrected chi connectivity index (χ0v) is 19.1. The van der Waals surface area contributed by atoms with Crippen molar-refractivity contribution in [3.05, 3.63) is 0 Å². The number of carbonyl (C=O) groups is 2. The minimum atomic E-state index is -8.98. The minimum absolute atomic E-state index is 1.62. The molecule has 2 aliphatic rings. The first-order chi connectivity index (χ1) is 19.0. The summed E-state index contributed by atoms with van der Waals surface area (Å²) in [6, 6.07) is 0. The fourth-order valence-corrected chi connectivity index (χ4v) is 3.73. The van der Waals surface area contributed by atoms with E-state index in [0.29, 0.717) is 0 Å². The molecule has 0 spiro atoms. The number of halogens is 26. The second kappa shape index (κ2) is 8.61. The summed E-state index contributed by atoms with van der Waals surface area (Å²) in [4.78, 5) is 22.5. The molecule has 0 atom stereocenters. The Balaban J connectivity index is 2.80. The van der Waals surface area contributed by atoms with Crippen molar-refractivity contribution < 1.29 is 128 Å². The Morgan fingerprint density at radius 2 is 0.444 bits per heavy atom. The summed E-state index contributed by atoms with van der Waals surface area (Å²) in [5, 5.41) is 0. The van der Waals surface area contributed by atoms with Crippen molar-refractivity contribution in [1.82, 2.24) is 0 Å². The van der Waals surface area contributed by atoms with Crippen LogP contribution in [-0.2, 0) is 14.3 Å². The maximum atomic E-state index is 14.5. The van der Waals surface area contributed by atoms with Crippen molar-refractivity contribution in [2.45, 2.75) is 82.4 Å². The van der Waals surface area contributed by atoms with Gasteiger partial charge >= 0.3 is 94.3 Å². The zero-order chi connectivity index (χ0) is 36.9. The summed E-state index contributed by atoms with van der Waals surface area (Å²) in [5.74, 6) is -115. The predicted octanol–water partition coefficient (Wildman–Crippen LogP) is 7.12. The van der Waals surface area contributed by atoms with Crippen LogP contribution in [0.3, 0.4) is 0 Å². The van der Waals surface area contributed by atoms with Crippen molar-refractivity contribution in [3.8, 4) is 0 Å². The molecule has 3 nitrogen and oxygen atoms in total. The Kier molecular flexibility index (Phi) is 7.37. The van der Waals surface area contributed by atoms with E-state index < -0.39 is 94.3 Å². The lowest BCUT2D eigenvalue weighted by molar-refractivity contribution is -0.503. The first-order valence-electron chi connectivity index (χ1n) is 9.73. The van der Waals surface area contributed by atoms with E-state index in [9.17, 15) is 124 Å². The number of esters is 2. The van der Waals surface area contributed by atoms with Gasteiger partial charge in [0, 0.05) is 0 Å². The number of hydrogen-bond acceptors (Lipinski definition) is 3. The van der Waals surface area contributed by atoms with Crippen LogP contribution in [0.5, 0.6) is 0 Å². The largest absolute Gasteiger partial charge is 0.389 e. The van der Waals surface area contributed by atoms with Gasteiger partial charge in [0.1, 0.15) is 0 Å². The molecule has 0 aromatic carbocycles. The predicted molar refractivity (Wildman–Crippen MR) is 78.1 cm³/mol. The smallest absolute Gasteiger partial charge is 0.384 e. The highest BCUT2D eigenvalue weighted by Crippen LogP contribution is 2.74. The Bertz CT molecular complexity index is 1120. The molecule has 29 heteroatoms. The summed E-state index contributed by atoms with van der Waals surface area (Å²) in [6.07, 6.45) is 0. The molecule has 0 N–H and O–H groups in total. The lowest BCUT2D eigenvalue weighted by Crippen LogP contribution is -2.88. The van der Waals surface area contributed by atoms with Crippen LogP contribution < -0.4 is 0 Å². The van der Waals surface area contributed by atoms with Crippen LogP contribution in [0, 0.1) is 0 Å². The first-order valence-corrected chi connectivity index (χ1v) is 9.73. The second-order valence-corrected chi connectivity index (χ2v) is 8.89. The van der Waals surface area contributed by atoms with E-state index in [1.54, 1.807) is 4.74 Å². The third-order valence-electron chi connectivity index (χ3n) is 6.45. The summed E-state index contributed by atoms with van der Waals surface area (Å²) in [5.41, 5.74) is -18.0. The highest BCUT2D eigenvalue weighted by atomic mass is 19.4. The molecule has 0 heterocycles. The number of hydrogen-bond donors (Lipinski definition) is 0. The lowest BCUT2D eigenvalue weighted by atomic mass is 9.68. The van der Waals surface area contributed by atoms with Crippen molar-refractivity contribution in [3.63, 3.8) is 0 Å². The van der Waals surface area contributed by atoms with Gasteiger partial charge < -0.3 is 4.74 Å². The molecule has 0 bridgehead atoms. The standard InChI is InChI=1S/C16F26O3/c17-3(18,5(21)7(23,24)11(31,32)15(39,40)12(33,34)8(5,25)26)1(43)45-2(44)4(19,20)6(22)9(27,28)13(35,36)16(41,42)14(37,38)10(6,29)30. The van der Waals surface area contributed by atoms with E-state index in [2.05, 4.69) is 0 Å². The molecule has 2 fully saturated rings. The maximum absolute atomic E-state index is 14.5. The molecule has 0 aliphatic heterocycles. The number of alkyl halides is 26. The van der Waals surface area contributed by atoms with Crippen LogP contribution in [0.25, 0.3) is 0 Å². The van der Waals surface area contributed by atoms with E-state index in [4.69, 9.17) is 0 Å². The minimum Gasteiger partial charge on any atom is -0.384 e. The van der Waals surface area contributed by atoms with E-state index in [1.165, 1.54) is 0 Å². The Morgan fingerprint density at radius 1 is 0.311 bits per heavy atom. The van der Waals surface area contributed by atoms with Crippen LogP contribution in [0.1, 0.15) is 0 Å². The monoisotopic (exact) mass is 734 g/mol. The van der Waals surface area contributed by atoms with E-state index in [0.717, 1.165) is 0 Å². The fourth-order valence-electron chi connectivity index (χ4n) is 3.73. The van der Waals surface area contributed by atoms with Crippen LogP contribution in [0.15, 0.2) is 0 Å². The van der Waals surface area contributed by atoms with Crippen LogP contribution in [0.2, 0.25) is 0 Å². The van der Waals surface area contributed by atoms with Gasteiger partial charge in [0.05, 0.1) is 0 Å². The third-order valence-corrected chi connectivity index (χ3v) is 6.45. The van der Waals surface area contributed by atoms with Gasteiger partial charge in [-0.15, -0.1) is 0 Å². The molecule has 0 unspecified atom stereocenters. The molecule has 0 aromatic heterocycles. The van der Waals surface area contributed by atoms with Crippen LogP contribution >= 0.6 is 0 Å². The normalized spacial score (nSPS) is 30.5. The summed E-state index contributed by atoms with van der Waals surface area (Å²) in [6.45, 7) is 0. The average molecular weight is 734 g/mol. The van der Waals surface area contributed by atoms with Crippen LogP contribution in [0.4, 0.5) is 114 Å². The summed E-state index contributed by atoms with van der Waals surface area (Å²) < 4.78 is 356. The topological polar surface area (TPSA) is 43.4 Å². The highest BCUT2D eigenvalue weighted by molar-refractivity contribution is 5.94. The lowest BCUT2D eigenvalue weighted by Gasteiger charge is -2.53. The molecular formula is C16F26O3. The molecule has 0 aromatic rings. The molecule has 0 saturated heterocycles. The maximum Gasteiger partial charge on any atom is 0.389 e. The van der Waals surface area contributed by atoms with Crippen molar-refractivity contribution >= 4 is 11.9 Å². The van der Waals surface area contributed by atoms with Crippen LogP contribution in [-0.4, -0.2) is 94.3 Å². The average Bonchev–Trinajstić information content (AvgIpc) is 2.84. The van der Waals surface area contributed by atoms with Gasteiger partial charge in [-0.2, -0.15) is 105 Å². The molecule has 0 radical (unpaired) electrons. The van der Waals surface area contributed by atoms with Gasteiger partial charge in [-0.3, -0.25) is 0 Å². The fraction of sp³-hybridized carbons (Fsp3) is 0.875. The van der Waals surface area contributed by atoms with Crippen molar-refractivity contribution in [2.75, 3.05) is 0 Å². The van der Waals surface area contributed by atoms with Gasteiger partial charge in [0.25, 0.3) is 0 Å². The molecule has 0 amide bonds. The van der Waals surface area contributed by atoms with Crippen molar-refractivity contribution in [1.29, 1.82) is 0 Å². The number of ether oxygens (including phenoxy) is 1. The number of carbonyl (C=O) groups excluding carboxylic acids is 2. The highest BCUT2D eigenvalue weighted by Gasteiger charge is 3.08. The van der Waals surface area contributed by atoms with E-state index in [1.807, 2.05) is 0 Å². The Hall–Kier alpha value is -2.68. The SMILES string of the molecule is O=C(OC(=O)C(F)(F)C1(F)C(F)(F)C(F)(F)C(F)(F)C(F)(F)C1(F)F)C(F)(F)C1(F)C(F)(F)C(F)(F)C(F)(F)C(F)(F)C1(F)F. The summed E-state index contributed by atoms with van der Waals surface area (Å²) in [7, 11) is 0. The summed E-state index contributed by atoms with van der Waals surface area (Å²) >= 11 is 0. The van der Waals surface area contributed by atoms with E-state index >= 15 is 0 Å². The molecule has 2 rings (SSSR count). The molecule has 45 heavy (non-hydrogen) atoms. The van der Waals surface area contributed by atoms with Gasteiger partial charge in [-0.25, -0.2) is 18.4 Å². The second-order valence-electron chi connectivity index (χ2n) is 8.89. The van der Waals surface area contributed by atoms with Gasteiger partial charge in [-0.05, 0) is 0 Å². The third kappa shape index (κ3) is 3.29. The first kappa shape index (κ1) is 38.5. The zero-order valence-electron chi connectivity index (χ0n) is 19.1. The quantitative estimate of drug-likeness (QED) is 0.176. The Labute approximate surface area is 224 Å². The van der Waals surface area contributed by atoms with Crippen molar-refractivity contribution in [2.24, 2.45) is 0 Å².